The third kappa shape index (κ3) is 4.49. The number of rotatable bonds is 6. The zero-order valence-electron chi connectivity index (χ0n) is 12.8. The summed E-state index contributed by atoms with van der Waals surface area (Å²) in [7, 11) is -3.63. The van der Waals surface area contributed by atoms with E-state index in [0.717, 1.165) is 23.3 Å². The van der Waals surface area contributed by atoms with Crippen LogP contribution in [0.15, 0.2) is 41.3 Å². The summed E-state index contributed by atoms with van der Waals surface area (Å²) < 4.78 is 57.6. The molecule has 0 aliphatic rings. The predicted octanol–water partition coefficient (Wildman–Crippen LogP) is 2.94. The molecule has 2 aromatic carbocycles. The largest absolute Gasteiger partial charge is 0.492 e. The second-order valence-electron chi connectivity index (χ2n) is 5.07. The molecule has 2 aromatic rings. The lowest BCUT2D eigenvalue weighted by Gasteiger charge is -2.10. The molecule has 0 saturated heterocycles. The van der Waals surface area contributed by atoms with E-state index in [1.807, 2.05) is 13.8 Å². The van der Waals surface area contributed by atoms with Gasteiger partial charge in [0.1, 0.15) is 12.4 Å². The lowest BCUT2D eigenvalue weighted by molar-refractivity contribution is 0.319. The Morgan fingerprint density at radius 1 is 1.00 bits per heavy atom. The van der Waals surface area contributed by atoms with Crippen molar-refractivity contribution in [2.75, 3.05) is 13.2 Å². The lowest BCUT2D eigenvalue weighted by atomic mass is 10.1. The number of benzene rings is 2. The Bertz CT molecular complexity index is 807. The molecule has 7 heteroatoms. The Morgan fingerprint density at radius 3 is 2.39 bits per heavy atom. The molecule has 0 aliphatic heterocycles. The van der Waals surface area contributed by atoms with Gasteiger partial charge in [-0.05, 0) is 49.2 Å². The highest BCUT2D eigenvalue weighted by Gasteiger charge is 2.14. The van der Waals surface area contributed by atoms with E-state index in [9.17, 15) is 17.2 Å². The van der Waals surface area contributed by atoms with Gasteiger partial charge in [0.2, 0.25) is 10.0 Å². The average Bonchev–Trinajstić information content (AvgIpc) is 2.50. The quantitative estimate of drug-likeness (QED) is 0.822. The van der Waals surface area contributed by atoms with Crippen LogP contribution in [-0.2, 0) is 10.0 Å². The molecule has 0 unspecified atom stereocenters. The van der Waals surface area contributed by atoms with Gasteiger partial charge in [0.15, 0.2) is 11.6 Å². The van der Waals surface area contributed by atoms with Gasteiger partial charge in [0, 0.05) is 12.6 Å². The van der Waals surface area contributed by atoms with Crippen molar-refractivity contribution in [1.82, 2.24) is 4.72 Å². The number of halogens is 2. The maximum absolute atomic E-state index is 13.0. The molecular weight excluding hydrogens is 324 g/mol. The predicted molar refractivity (Wildman–Crippen MR) is 83.0 cm³/mol. The third-order valence-electron chi connectivity index (χ3n) is 3.34. The van der Waals surface area contributed by atoms with Crippen molar-refractivity contribution < 1.29 is 21.9 Å². The third-order valence-corrected chi connectivity index (χ3v) is 4.80. The molecule has 0 saturated carbocycles. The van der Waals surface area contributed by atoms with Gasteiger partial charge in [0.25, 0.3) is 0 Å². The monoisotopic (exact) mass is 341 g/mol. The minimum absolute atomic E-state index is 0.00482. The Morgan fingerprint density at radius 2 is 1.74 bits per heavy atom. The molecule has 0 amide bonds. The molecule has 0 aliphatic carbocycles. The van der Waals surface area contributed by atoms with Crippen molar-refractivity contribution in [3.63, 3.8) is 0 Å². The summed E-state index contributed by atoms with van der Waals surface area (Å²) in [5.74, 6) is -1.85. The molecule has 4 nitrogen and oxygen atoms in total. The normalized spacial score (nSPS) is 11.5. The fourth-order valence-corrected chi connectivity index (χ4v) is 2.97. The first kappa shape index (κ1) is 17.4. The first-order valence-corrected chi connectivity index (χ1v) is 8.43. The van der Waals surface area contributed by atoms with Gasteiger partial charge in [-0.25, -0.2) is 21.9 Å². The van der Waals surface area contributed by atoms with E-state index < -0.39 is 21.7 Å². The maximum atomic E-state index is 13.0. The Labute approximate surface area is 134 Å². The average molecular weight is 341 g/mol. The molecule has 0 spiro atoms. The maximum Gasteiger partial charge on any atom is 0.240 e. The number of sulfonamides is 1. The molecule has 0 aromatic heterocycles. The molecule has 1 N–H and O–H groups in total. The molecule has 0 heterocycles. The zero-order valence-corrected chi connectivity index (χ0v) is 13.6. The second-order valence-corrected chi connectivity index (χ2v) is 6.84. The van der Waals surface area contributed by atoms with E-state index in [4.69, 9.17) is 4.74 Å². The van der Waals surface area contributed by atoms with Crippen LogP contribution in [0, 0.1) is 25.5 Å². The highest BCUT2D eigenvalue weighted by molar-refractivity contribution is 7.89. The van der Waals surface area contributed by atoms with Crippen molar-refractivity contribution in [3.05, 3.63) is 59.2 Å². The highest BCUT2D eigenvalue weighted by atomic mass is 32.2. The number of aryl methyl sites for hydroxylation is 2. The number of ether oxygens (including phenoxy) is 1. The van der Waals surface area contributed by atoms with Gasteiger partial charge in [-0.1, -0.05) is 6.07 Å². The summed E-state index contributed by atoms with van der Waals surface area (Å²) in [6.07, 6.45) is 0. The fraction of sp³-hybridized carbons (Fsp3) is 0.250. The van der Waals surface area contributed by atoms with Gasteiger partial charge in [-0.2, -0.15) is 0 Å². The fourth-order valence-electron chi connectivity index (χ4n) is 1.88. The highest BCUT2D eigenvalue weighted by Crippen LogP contribution is 2.16. The van der Waals surface area contributed by atoms with Crippen molar-refractivity contribution in [2.45, 2.75) is 18.7 Å². The van der Waals surface area contributed by atoms with Crippen molar-refractivity contribution in [3.8, 4) is 5.75 Å². The van der Waals surface area contributed by atoms with Crippen LogP contribution in [0.1, 0.15) is 11.1 Å². The van der Waals surface area contributed by atoms with Gasteiger partial charge < -0.3 is 4.74 Å². The van der Waals surface area contributed by atoms with Gasteiger partial charge in [0.05, 0.1) is 4.90 Å². The second kappa shape index (κ2) is 7.06. The van der Waals surface area contributed by atoms with Crippen LogP contribution in [0.5, 0.6) is 5.75 Å². The number of hydrogen-bond acceptors (Lipinski definition) is 3. The summed E-state index contributed by atoms with van der Waals surface area (Å²) in [5, 5.41) is 0. The van der Waals surface area contributed by atoms with Gasteiger partial charge in [-0.3, -0.25) is 0 Å². The molecule has 0 radical (unpaired) electrons. The first-order valence-electron chi connectivity index (χ1n) is 6.94. The molecule has 2 rings (SSSR count). The van der Waals surface area contributed by atoms with Gasteiger partial charge in [-0.15, -0.1) is 0 Å². The van der Waals surface area contributed by atoms with E-state index in [1.165, 1.54) is 12.1 Å². The van der Waals surface area contributed by atoms with E-state index in [2.05, 4.69) is 4.72 Å². The standard InChI is InChI=1S/C16H17F2NO3S/c1-11-3-5-14(9-12(11)2)23(20,21)19-7-8-22-13-4-6-15(17)16(18)10-13/h3-6,9-10,19H,7-8H2,1-2H3. The molecule has 0 fully saturated rings. The van der Waals surface area contributed by atoms with E-state index in [-0.39, 0.29) is 23.8 Å². The van der Waals surface area contributed by atoms with Crippen LogP contribution >= 0.6 is 0 Å². The number of nitrogens with one attached hydrogen (secondary N) is 1. The summed E-state index contributed by atoms with van der Waals surface area (Å²) in [6, 6.07) is 7.99. The van der Waals surface area contributed by atoms with Crippen LogP contribution in [0.3, 0.4) is 0 Å². The van der Waals surface area contributed by atoms with Crippen LogP contribution in [0.4, 0.5) is 8.78 Å². The lowest BCUT2D eigenvalue weighted by Crippen LogP contribution is -2.28. The SMILES string of the molecule is Cc1ccc(S(=O)(=O)NCCOc2ccc(F)c(F)c2)cc1C. The summed E-state index contributed by atoms with van der Waals surface area (Å²) in [5.41, 5.74) is 1.89. The summed E-state index contributed by atoms with van der Waals surface area (Å²) >= 11 is 0. The smallest absolute Gasteiger partial charge is 0.240 e. The Kier molecular flexibility index (Phi) is 5.33. The molecule has 0 bridgehead atoms. The van der Waals surface area contributed by atoms with E-state index >= 15 is 0 Å². The Hall–Kier alpha value is -1.99. The molecule has 23 heavy (non-hydrogen) atoms. The number of hydrogen-bond donors (Lipinski definition) is 1. The van der Waals surface area contributed by atoms with Crippen LogP contribution in [0.25, 0.3) is 0 Å². The van der Waals surface area contributed by atoms with E-state index in [0.29, 0.717) is 0 Å². The topological polar surface area (TPSA) is 55.4 Å². The van der Waals surface area contributed by atoms with Crippen molar-refractivity contribution in [2.24, 2.45) is 0 Å². The minimum atomic E-state index is -3.63. The van der Waals surface area contributed by atoms with Crippen LogP contribution < -0.4 is 9.46 Å². The molecule has 124 valence electrons. The molecular formula is C16H17F2NO3S. The zero-order chi connectivity index (χ0) is 17.0. The van der Waals surface area contributed by atoms with E-state index in [1.54, 1.807) is 12.1 Å². The summed E-state index contributed by atoms with van der Waals surface area (Å²) in [6.45, 7) is 3.73. The summed E-state index contributed by atoms with van der Waals surface area (Å²) in [4.78, 5) is 0.174. The first-order chi connectivity index (χ1) is 10.8. The van der Waals surface area contributed by atoms with Crippen LogP contribution in [-0.4, -0.2) is 21.6 Å². The minimum Gasteiger partial charge on any atom is -0.492 e. The Balaban J connectivity index is 1.92. The molecule has 0 atom stereocenters. The van der Waals surface area contributed by atoms with Gasteiger partial charge >= 0.3 is 0 Å². The van der Waals surface area contributed by atoms with Crippen molar-refractivity contribution in [1.29, 1.82) is 0 Å². The van der Waals surface area contributed by atoms with Crippen LogP contribution in [0.2, 0.25) is 0 Å². The van der Waals surface area contributed by atoms with Crippen molar-refractivity contribution >= 4 is 10.0 Å².